The van der Waals surface area contributed by atoms with E-state index in [1.54, 1.807) is 30.3 Å². The number of nitriles is 1. The van der Waals surface area contributed by atoms with Crippen molar-refractivity contribution in [2.45, 2.75) is 0 Å². The Morgan fingerprint density at radius 1 is 1.24 bits per heavy atom. The van der Waals surface area contributed by atoms with Gasteiger partial charge in [-0.2, -0.15) is 5.26 Å². The average molecular weight is 281 g/mol. The third kappa shape index (κ3) is 3.54. The van der Waals surface area contributed by atoms with E-state index in [1.807, 2.05) is 6.07 Å². The summed E-state index contributed by atoms with van der Waals surface area (Å²) in [5, 5.41) is 8.69. The Bertz CT molecular complexity index is 727. The van der Waals surface area contributed by atoms with Gasteiger partial charge < -0.3 is 4.74 Å². The van der Waals surface area contributed by atoms with Gasteiger partial charge in [-0.3, -0.25) is 4.79 Å². The minimum absolute atomic E-state index is 0.0132. The molecule has 0 fully saturated rings. The minimum atomic E-state index is -0.621. The number of ether oxygens (including phenoxy) is 1. The molecular formula is C17H12FNO2. The van der Waals surface area contributed by atoms with Gasteiger partial charge in [0.15, 0.2) is 5.78 Å². The molecule has 0 unspecified atom stereocenters. The number of halogens is 1. The van der Waals surface area contributed by atoms with Crippen molar-refractivity contribution in [3.8, 4) is 11.8 Å². The van der Waals surface area contributed by atoms with Crippen molar-refractivity contribution in [2.24, 2.45) is 0 Å². The molecule has 104 valence electrons. The molecule has 4 heteroatoms. The van der Waals surface area contributed by atoms with Crippen molar-refractivity contribution in [1.29, 1.82) is 5.26 Å². The quantitative estimate of drug-likeness (QED) is 0.635. The lowest BCUT2D eigenvalue weighted by atomic mass is 10.1. The molecule has 0 aliphatic carbocycles. The minimum Gasteiger partial charge on any atom is -0.497 e. The zero-order chi connectivity index (χ0) is 15.2. The van der Waals surface area contributed by atoms with Crippen molar-refractivity contribution in [2.75, 3.05) is 7.11 Å². The van der Waals surface area contributed by atoms with Crippen LogP contribution in [0.1, 0.15) is 21.5 Å². The van der Waals surface area contributed by atoms with Gasteiger partial charge in [0, 0.05) is 6.07 Å². The van der Waals surface area contributed by atoms with Gasteiger partial charge >= 0.3 is 0 Å². The van der Waals surface area contributed by atoms with Crippen LogP contribution >= 0.6 is 0 Å². The first-order valence-corrected chi connectivity index (χ1v) is 6.20. The van der Waals surface area contributed by atoms with E-state index in [1.165, 1.54) is 31.4 Å². The third-order valence-electron chi connectivity index (χ3n) is 2.91. The van der Waals surface area contributed by atoms with Crippen molar-refractivity contribution < 1.29 is 13.9 Å². The van der Waals surface area contributed by atoms with Gasteiger partial charge in [-0.05, 0) is 35.9 Å². The predicted molar refractivity (Wildman–Crippen MR) is 77.5 cm³/mol. The van der Waals surface area contributed by atoms with Crippen molar-refractivity contribution in [1.82, 2.24) is 0 Å². The highest BCUT2D eigenvalue weighted by atomic mass is 19.1. The number of rotatable bonds is 4. The van der Waals surface area contributed by atoms with E-state index in [0.717, 1.165) is 5.56 Å². The molecule has 2 aromatic rings. The Balaban J connectivity index is 2.17. The van der Waals surface area contributed by atoms with Gasteiger partial charge in [0.1, 0.15) is 11.6 Å². The fourth-order valence-corrected chi connectivity index (χ4v) is 1.75. The van der Waals surface area contributed by atoms with E-state index in [4.69, 9.17) is 10.00 Å². The number of carbonyl (C=O) groups is 1. The molecule has 3 nitrogen and oxygen atoms in total. The van der Waals surface area contributed by atoms with E-state index >= 15 is 0 Å². The summed E-state index contributed by atoms with van der Waals surface area (Å²) in [5.74, 6) is -0.691. The number of ketones is 1. The highest BCUT2D eigenvalue weighted by Gasteiger charge is 2.09. The predicted octanol–water partition coefficient (Wildman–Crippen LogP) is 3.60. The number of methoxy groups -OCH3 is 1. The van der Waals surface area contributed by atoms with Crippen LogP contribution < -0.4 is 4.74 Å². The lowest BCUT2D eigenvalue weighted by Crippen LogP contribution is -1.99. The summed E-state index contributed by atoms with van der Waals surface area (Å²) in [5.41, 5.74) is 1.29. The molecule has 0 aliphatic heterocycles. The zero-order valence-corrected chi connectivity index (χ0v) is 11.3. The van der Waals surface area contributed by atoms with Crippen molar-refractivity contribution in [3.63, 3.8) is 0 Å². The van der Waals surface area contributed by atoms with Crippen LogP contribution in [0.5, 0.6) is 5.75 Å². The van der Waals surface area contributed by atoms with Gasteiger partial charge in [0.05, 0.1) is 24.3 Å². The van der Waals surface area contributed by atoms with Gasteiger partial charge in [0.2, 0.25) is 0 Å². The van der Waals surface area contributed by atoms with Crippen LogP contribution in [-0.4, -0.2) is 12.9 Å². The van der Waals surface area contributed by atoms with Crippen LogP contribution in [0.3, 0.4) is 0 Å². The molecule has 0 N–H and O–H groups in total. The van der Waals surface area contributed by atoms with Crippen LogP contribution in [0.4, 0.5) is 4.39 Å². The Morgan fingerprint density at radius 3 is 2.52 bits per heavy atom. The number of carbonyl (C=O) groups excluding carboxylic acids is 1. The number of allylic oxidation sites excluding steroid dienone is 1. The standard InChI is InChI=1S/C17H12FNO2/c1-21-14-7-8-15(16(18)10-14)17(20)9-6-12-2-4-13(11-19)5-3-12/h2-10H,1H3. The summed E-state index contributed by atoms with van der Waals surface area (Å²) in [7, 11) is 1.43. The topological polar surface area (TPSA) is 50.1 Å². The second-order valence-corrected chi connectivity index (χ2v) is 4.28. The lowest BCUT2D eigenvalue weighted by Gasteiger charge is -2.02. The molecule has 0 aromatic heterocycles. The molecule has 21 heavy (non-hydrogen) atoms. The second-order valence-electron chi connectivity index (χ2n) is 4.28. The molecule has 0 amide bonds. The summed E-state index contributed by atoms with van der Waals surface area (Å²) in [6.07, 6.45) is 2.87. The molecule has 0 saturated heterocycles. The maximum atomic E-state index is 13.7. The molecule has 0 bridgehead atoms. The summed E-state index contributed by atoms with van der Waals surface area (Å²) in [4.78, 5) is 11.9. The zero-order valence-electron chi connectivity index (χ0n) is 11.3. The van der Waals surface area contributed by atoms with Crippen LogP contribution in [0.15, 0.2) is 48.5 Å². The van der Waals surface area contributed by atoms with Crippen molar-refractivity contribution in [3.05, 3.63) is 71.0 Å². The maximum absolute atomic E-state index is 13.7. The smallest absolute Gasteiger partial charge is 0.188 e. The molecule has 0 saturated carbocycles. The Kier molecular flexibility index (Phi) is 4.47. The Labute approximate surface area is 121 Å². The fraction of sp³-hybridized carbons (Fsp3) is 0.0588. The molecule has 0 atom stereocenters. The first-order valence-electron chi connectivity index (χ1n) is 6.20. The van der Waals surface area contributed by atoms with Crippen molar-refractivity contribution >= 4 is 11.9 Å². The summed E-state index contributed by atoms with van der Waals surface area (Å²) < 4.78 is 18.6. The van der Waals surface area contributed by atoms with Crippen LogP contribution in [0.2, 0.25) is 0 Å². The first kappa shape index (κ1) is 14.5. The largest absolute Gasteiger partial charge is 0.497 e. The van der Waals surface area contributed by atoms with E-state index in [9.17, 15) is 9.18 Å². The molecular weight excluding hydrogens is 269 g/mol. The van der Waals surface area contributed by atoms with E-state index in [-0.39, 0.29) is 5.56 Å². The highest BCUT2D eigenvalue weighted by Crippen LogP contribution is 2.17. The number of hydrogen-bond donors (Lipinski definition) is 0. The van der Waals surface area contributed by atoms with E-state index in [0.29, 0.717) is 11.3 Å². The number of benzene rings is 2. The van der Waals surface area contributed by atoms with Gasteiger partial charge in [-0.25, -0.2) is 4.39 Å². The van der Waals surface area contributed by atoms with E-state index < -0.39 is 11.6 Å². The molecule has 0 radical (unpaired) electrons. The molecule has 2 rings (SSSR count). The average Bonchev–Trinajstić information content (AvgIpc) is 2.52. The number of hydrogen-bond acceptors (Lipinski definition) is 3. The SMILES string of the molecule is COc1ccc(C(=O)C=Cc2ccc(C#N)cc2)c(F)c1. The molecule has 0 aliphatic rings. The first-order chi connectivity index (χ1) is 10.1. The van der Waals surface area contributed by atoms with Gasteiger partial charge in [-0.1, -0.05) is 18.2 Å². The molecule has 0 heterocycles. The fourth-order valence-electron chi connectivity index (χ4n) is 1.75. The highest BCUT2D eigenvalue weighted by molar-refractivity contribution is 6.07. The second kappa shape index (κ2) is 6.49. The van der Waals surface area contributed by atoms with Gasteiger partial charge in [0.25, 0.3) is 0 Å². The third-order valence-corrected chi connectivity index (χ3v) is 2.91. The monoisotopic (exact) mass is 281 g/mol. The summed E-state index contributed by atoms with van der Waals surface area (Å²) >= 11 is 0. The maximum Gasteiger partial charge on any atom is 0.188 e. The Morgan fingerprint density at radius 2 is 1.95 bits per heavy atom. The van der Waals surface area contributed by atoms with Gasteiger partial charge in [-0.15, -0.1) is 0 Å². The molecule has 0 spiro atoms. The summed E-state index contributed by atoms with van der Waals surface area (Å²) in [6, 6.07) is 12.8. The van der Waals surface area contributed by atoms with E-state index in [2.05, 4.69) is 0 Å². The Hall–Kier alpha value is -2.93. The molecule has 2 aromatic carbocycles. The summed E-state index contributed by atoms with van der Waals surface area (Å²) in [6.45, 7) is 0. The lowest BCUT2D eigenvalue weighted by molar-refractivity contribution is 0.104. The number of nitrogens with zero attached hydrogens (tertiary/aromatic N) is 1. The van der Waals surface area contributed by atoms with Crippen LogP contribution in [0, 0.1) is 17.1 Å². The normalized spacial score (nSPS) is 10.3. The van der Waals surface area contributed by atoms with Crippen LogP contribution in [0.25, 0.3) is 6.08 Å². The van der Waals surface area contributed by atoms with Crippen LogP contribution in [-0.2, 0) is 0 Å².